The summed E-state index contributed by atoms with van der Waals surface area (Å²) < 4.78 is 7.21. The molecule has 0 spiro atoms. The van der Waals surface area contributed by atoms with Crippen molar-refractivity contribution in [3.05, 3.63) is 29.0 Å². The highest BCUT2D eigenvalue weighted by Gasteiger charge is 2.19. The van der Waals surface area contributed by atoms with Crippen molar-refractivity contribution in [1.29, 1.82) is 0 Å². The Labute approximate surface area is 162 Å². The Kier molecular flexibility index (Phi) is 6.23. The molecule has 27 heavy (non-hydrogen) atoms. The Bertz CT molecular complexity index is 859. The number of rotatable bonds is 8. The topological polar surface area (TPSA) is 92.2 Å². The van der Waals surface area contributed by atoms with Crippen molar-refractivity contribution in [2.75, 3.05) is 26.7 Å². The van der Waals surface area contributed by atoms with Crippen LogP contribution in [0.4, 0.5) is 0 Å². The van der Waals surface area contributed by atoms with Crippen LogP contribution < -0.4 is 10.1 Å². The average Bonchev–Trinajstić information content (AvgIpc) is 3.25. The van der Waals surface area contributed by atoms with Crippen LogP contribution in [-0.4, -0.2) is 58.2 Å². The fraction of sp³-hybridized carbons (Fsp3) is 0.444. The Morgan fingerprint density at radius 1 is 1.37 bits per heavy atom. The normalized spacial score (nSPS) is 13.8. The van der Waals surface area contributed by atoms with E-state index in [1.807, 2.05) is 29.2 Å². The molecule has 1 aliphatic heterocycles. The van der Waals surface area contributed by atoms with Crippen molar-refractivity contribution < 1.29 is 14.3 Å². The number of aromatic nitrogens is 3. The van der Waals surface area contributed by atoms with Gasteiger partial charge in [0.25, 0.3) is 0 Å². The summed E-state index contributed by atoms with van der Waals surface area (Å²) in [5.41, 5.74) is 0.837. The number of amides is 2. The first-order valence-corrected chi connectivity index (χ1v) is 9.33. The summed E-state index contributed by atoms with van der Waals surface area (Å²) in [5.74, 6) is 1.40. The first-order valence-electron chi connectivity index (χ1n) is 8.92. The second-order valence-electron chi connectivity index (χ2n) is 6.35. The molecule has 1 aromatic carbocycles. The number of hydrogen-bond acceptors (Lipinski definition) is 5. The fourth-order valence-electron chi connectivity index (χ4n) is 3.06. The average molecular weight is 389 g/mol. The second-order valence-corrected chi connectivity index (χ2v) is 6.74. The Hall–Kier alpha value is -2.68. The minimum Gasteiger partial charge on any atom is -0.497 e. The summed E-state index contributed by atoms with van der Waals surface area (Å²) >= 11 is 5.26. The maximum Gasteiger partial charge on any atom is 0.240 e. The molecule has 1 aliphatic rings. The number of methoxy groups -OCH3 is 1. The number of nitrogens with one attached hydrogen (secondary N) is 2. The van der Waals surface area contributed by atoms with E-state index in [-0.39, 0.29) is 18.4 Å². The van der Waals surface area contributed by atoms with E-state index in [0.29, 0.717) is 30.1 Å². The highest BCUT2D eigenvalue weighted by atomic mass is 32.1. The predicted octanol–water partition coefficient (Wildman–Crippen LogP) is 1.74. The number of carbonyl (C=O) groups excluding carboxylic acids is 2. The number of likely N-dealkylation sites (tertiary alicyclic amines) is 1. The summed E-state index contributed by atoms with van der Waals surface area (Å²) in [6.45, 7) is 2.11. The Morgan fingerprint density at radius 3 is 2.81 bits per heavy atom. The van der Waals surface area contributed by atoms with Gasteiger partial charge in [-0.3, -0.25) is 19.3 Å². The molecule has 8 nitrogen and oxygen atoms in total. The van der Waals surface area contributed by atoms with Gasteiger partial charge in [-0.15, -0.1) is 0 Å². The van der Waals surface area contributed by atoms with E-state index in [9.17, 15) is 9.59 Å². The van der Waals surface area contributed by atoms with Crippen molar-refractivity contribution in [2.24, 2.45) is 0 Å². The van der Waals surface area contributed by atoms with E-state index >= 15 is 0 Å². The molecule has 9 heteroatoms. The van der Waals surface area contributed by atoms with Crippen LogP contribution in [0.3, 0.4) is 0 Å². The summed E-state index contributed by atoms with van der Waals surface area (Å²) in [5, 5.41) is 9.85. The van der Waals surface area contributed by atoms with Crippen molar-refractivity contribution in [2.45, 2.75) is 25.8 Å². The summed E-state index contributed by atoms with van der Waals surface area (Å²) in [6.07, 6.45) is 2.30. The minimum atomic E-state index is -0.144. The summed E-state index contributed by atoms with van der Waals surface area (Å²) in [6, 6.07) is 7.39. The van der Waals surface area contributed by atoms with Crippen LogP contribution >= 0.6 is 12.2 Å². The zero-order valence-corrected chi connectivity index (χ0v) is 16.1. The van der Waals surface area contributed by atoms with Crippen LogP contribution in [0.15, 0.2) is 24.3 Å². The molecule has 0 aliphatic carbocycles. The number of aromatic amines is 1. The number of carbonyl (C=O) groups is 2. The van der Waals surface area contributed by atoms with Crippen LogP contribution in [0.1, 0.15) is 19.3 Å². The highest BCUT2D eigenvalue weighted by molar-refractivity contribution is 7.71. The van der Waals surface area contributed by atoms with Gasteiger partial charge in [-0.25, -0.2) is 0 Å². The van der Waals surface area contributed by atoms with Crippen molar-refractivity contribution in [3.8, 4) is 17.1 Å². The van der Waals surface area contributed by atoms with Gasteiger partial charge in [-0.2, -0.15) is 5.10 Å². The lowest BCUT2D eigenvalue weighted by Gasteiger charge is -2.15. The van der Waals surface area contributed by atoms with Gasteiger partial charge in [0.15, 0.2) is 10.6 Å². The molecular formula is C18H23N5O3S. The van der Waals surface area contributed by atoms with Gasteiger partial charge in [-0.05, 0) is 49.3 Å². The molecule has 1 fully saturated rings. The number of nitrogens with zero attached hydrogens (tertiary/aromatic N) is 3. The van der Waals surface area contributed by atoms with Gasteiger partial charge < -0.3 is 15.0 Å². The van der Waals surface area contributed by atoms with Gasteiger partial charge in [-0.1, -0.05) is 0 Å². The molecule has 1 saturated heterocycles. The van der Waals surface area contributed by atoms with Gasteiger partial charge in [0, 0.05) is 31.6 Å². The van der Waals surface area contributed by atoms with E-state index in [2.05, 4.69) is 15.5 Å². The predicted molar refractivity (Wildman–Crippen MR) is 103 cm³/mol. The molecule has 2 amide bonds. The SMILES string of the molecule is COc1ccc(-c2n[nH]c(=S)n2CC(=O)NCCCN2CCCC2=O)cc1. The molecule has 0 radical (unpaired) electrons. The zero-order valence-electron chi connectivity index (χ0n) is 15.2. The van der Waals surface area contributed by atoms with Crippen molar-refractivity contribution >= 4 is 24.0 Å². The molecule has 2 aromatic rings. The monoisotopic (exact) mass is 389 g/mol. The minimum absolute atomic E-state index is 0.0827. The fourth-order valence-corrected chi connectivity index (χ4v) is 3.26. The number of benzene rings is 1. The van der Waals surface area contributed by atoms with Gasteiger partial charge in [0.05, 0.1) is 7.11 Å². The molecule has 0 saturated carbocycles. The Balaban J connectivity index is 1.55. The number of ether oxygens (including phenoxy) is 1. The molecule has 144 valence electrons. The third kappa shape index (κ3) is 4.73. The molecule has 0 atom stereocenters. The maximum absolute atomic E-state index is 12.3. The Morgan fingerprint density at radius 2 is 2.15 bits per heavy atom. The highest BCUT2D eigenvalue weighted by Crippen LogP contribution is 2.20. The largest absolute Gasteiger partial charge is 0.497 e. The van der Waals surface area contributed by atoms with E-state index in [0.717, 1.165) is 30.7 Å². The molecular weight excluding hydrogens is 366 g/mol. The van der Waals surface area contributed by atoms with Gasteiger partial charge >= 0.3 is 0 Å². The molecule has 0 bridgehead atoms. The van der Waals surface area contributed by atoms with Crippen molar-refractivity contribution in [3.63, 3.8) is 0 Å². The third-order valence-corrected chi connectivity index (χ3v) is 4.82. The smallest absolute Gasteiger partial charge is 0.240 e. The van der Waals surface area contributed by atoms with Crippen LogP contribution in [0.25, 0.3) is 11.4 Å². The van der Waals surface area contributed by atoms with Gasteiger partial charge in [0.1, 0.15) is 12.3 Å². The summed E-state index contributed by atoms with van der Waals surface area (Å²) in [4.78, 5) is 25.7. The first-order chi connectivity index (χ1) is 13.1. The van der Waals surface area contributed by atoms with Crippen LogP contribution in [0, 0.1) is 4.77 Å². The maximum atomic E-state index is 12.3. The molecule has 2 N–H and O–H groups in total. The standard InChI is InChI=1S/C18H23N5O3S/c1-26-14-7-5-13(6-8-14)17-20-21-18(27)23(17)12-15(24)19-9-3-11-22-10-2-4-16(22)25/h5-8H,2-4,9-12H2,1H3,(H,19,24)(H,21,27). The van der Waals surface area contributed by atoms with Gasteiger partial charge in [0.2, 0.25) is 11.8 Å². The number of hydrogen-bond donors (Lipinski definition) is 2. The van der Waals surface area contributed by atoms with E-state index < -0.39 is 0 Å². The van der Waals surface area contributed by atoms with E-state index in [4.69, 9.17) is 17.0 Å². The lowest BCUT2D eigenvalue weighted by Crippen LogP contribution is -2.32. The first kappa shape index (κ1) is 19.1. The summed E-state index contributed by atoms with van der Waals surface area (Å²) in [7, 11) is 1.61. The molecule has 3 rings (SSSR count). The molecule has 1 aromatic heterocycles. The van der Waals surface area contributed by atoms with Crippen LogP contribution in [0.5, 0.6) is 5.75 Å². The lowest BCUT2D eigenvalue weighted by atomic mass is 10.2. The molecule has 2 heterocycles. The van der Waals surface area contributed by atoms with Crippen LogP contribution in [0.2, 0.25) is 0 Å². The van der Waals surface area contributed by atoms with E-state index in [1.165, 1.54) is 0 Å². The lowest BCUT2D eigenvalue weighted by molar-refractivity contribution is -0.127. The van der Waals surface area contributed by atoms with Crippen LogP contribution in [-0.2, 0) is 16.1 Å². The quantitative estimate of drug-likeness (QED) is 0.530. The second kappa shape index (κ2) is 8.81. The number of H-pyrrole nitrogens is 1. The van der Waals surface area contributed by atoms with Crippen molar-refractivity contribution in [1.82, 2.24) is 25.0 Å². The third-order valence-electron chi connectivity index (χ3n) is 4.51. The van der Waals surface area contributed by atoms with E-state index in [1.54, 1.807) is 11.7 Å². The molecule has 0 unspecified atom stereocenters. The zero-order chi connectivity index (χ0) is 19.2.